The molecular formula is C12H25N3O2S. The van der Waals surface area contributed by atoms with E-state index in [4.69, 9.17) is 0 Å². The van der Waals surface area contributed by atoms with Crippen LogP contribution in [0.25, 0.3) is 0 Å². The second kappa shape index (κ2) is 5.45. The van der Waals surface area contributed by atoms with Crippen molar-refractivity contribution in [3.8, 4) is 0 Å². The summed E-state index contributed by atoms with van der Waals surface area (Å²) < 4.78 is 27.2. The minimum absolute atomic E-state index is 0.0269. The lowest BCUT2D eigenvalue weighted by molar-refractivity contribution is 0.161. The number of rotatable bonds is 5. The highest BCUT2D eigenvalue weighted by Gasteiger charge is 2.38. The lowest BCUT2D eigenvalue weighted by atomic mass is 9.97. The molecule has 0 aromatic carbocycles. The Kier molecular flexibility index (Phi) is 4.31. The van der Waals surface area contributed by atoms with E-state index in [2.05, 4.69) is 29.0 Å². The van der Waals surface area contributed by atoms with Gasteiger partial charge in [-0.2, -0.15) is 0 Å². The van der Waals surface area contributed by atoms with Gasteiger partial charge < -0.3 is 10.2 Å². The van der Waals surface area contributed by atoms with E-state index in [0.29, 0.717) is 13.1 Å². The highest BCUT2D eigenvalue weighted by Crippen LogP contribution is 2.33. The monoisotopic (exact) mass is 275 g/mol. The fourth-order valence-electron chi connectivity index (χ4n) is 3.06. The Bertz CT molecular complexity index is 369. The molecule has 1 aliphatic heterocycles. The van der Waals surface area contributed by atoms with Crippen LogP contribution in [0.5, 0.6) is 0 Å². The normalized spacial score (nSPS) is 28.1. The third-order valence-electron chi connectivity index (χ3n) is 4.54. The zero-order chi connectivity index (χ0) is 13.2. The van der Waals surface area contributed by atoms with Crippen LogP contribution < -0.4 is 10.0 Å². The number of hydrogen-bond donors (Lipinski definition) is 2. The van der Waals surface area contributed by atoms with Crippen LogP contribution in [0.2, 0.25) is 0 Å². The molecule has 0 aromatic rings. The Morgan fingerprint density at radius 1 is 1.33 bits per heavy atom. The standard InChI is InChI=1S/C12H25N3O2S/c1-15(2)12(6-3-4-7-12)10-14-18(16,17)11-5-8-13-9-11/h11,13-14H,3-10H2,1-2H3. The van der Waals surface area contributed by atoms with Crippen LogP contribution >= 0.6 is 0 Å². The Morgan fingerprint density at radius 2 is 2.00 bits per heavy atom. The van der Waals surface area contributed by atoms with E-state index in [9.17, 15) is 8.42 Å². The molecule has 1 unspecified atom stereocenters. The third kappa shape index (κ3) is 2.87. The summed E-state index contributed by atoms with van der Waals surface area (Å²) in [6.45, 7) is 1.95. The summed E-state index contributed by atoms with van der Waals surface area (Å²) in [5.41, 5.74) is 0.0269. The molecular weight excluding hydrogens is 250 g/mol. The molecule has 6 heteroatoms. The number of sulfonamides is 1. The molecule has 1 saturated heterocycles. The Labute approximate surface area is 110 Å². The molecule has 5 nitrogen and oxygen atoms in total. The highest BCUT2D eigenvalue weighted by atomic mass is 32.2. The van der Waals surface area contributed by atoms with Crippen LogP contribution in [0.3, 0.4) is 0 Å². The van der Waals surface area contributed by atoms with E-state index >= 15 is 0 Å². The largest absolute Gasteiger partial charge is 0.315 e. The number of nitrogens with zero attached hydrogens (tertiary/aromatic N) is 1. The van der Waals surface area contributed by atoms with Crippen molar-refractivity contribution in [3.05, 3.63) is 0 Å². The summed E-state index contributed by atoms with van der Waals surface area (Å²) in [5.74, 6) is 0. The van der Waals surface area contributed by atoms with Gasteiger partial charge in [-0.1, -0.05) is 12.8 Å². The first-order valence-corrected chi connectivity index (χ1v) is 8.38. The van der Waals surface area contributed by atoms with Crippen LogP contribution in [0.4, 0.5) is 0 Å². The van der Waals surface area contributed by atoms with Gasteiger partial charge in [0.25, 0.3) is 0 Å². The summed E-state index contributed by atoms with van der Waals surface area (Å²) in [5, 5.41) is 2.86. The average molecular weight is 275 g/mol. The van der Waals surface area contributed by atoms with Gasteiger partial charge in [-0.3, -0.25) is 0 Å². The average Bonchev–Trinajstić information content (AvgIpc) is 2.99. The van der Waals surface area contributed by atoms with Gasteiger partial charge in [0.2, 0.25) is 10.0 Å². The van der Waals surface area contributed by atoms with Gasteiger partial charge in [-0.15, -0.1) is 0 Å². The quantitative estimate of drug-likeness (QED) is 0.749. The van der Waals surface area contributed by atoms with Crippen molar-refractivity contribution < 1.29 is 8.42 Å². The summed E-state index contributed by atoms with van der Waals surface area (Å²) >= 11 is 0. The summed E-state index contributed by atoms with van der Waals surface area (Å²) in [7, 11) is 0.946. The van der Waals surface area contributed by atoms with E-state index < -0.39 is 10.0 Å². The molecule has 0 spiro atoms. The number of likely N-dealkylation sites (N-methyl/N-ethyl adjacent to an activating group) is 1. The van der Waals surface area contributed by atoms with Crippen molar-refractivity contribution in [2.45, 2.75) is 42.9 Å². The maximum atomic E-state index is 12.2. The zero-order valence-electron chi connectivity index (χ0n) is 11.4. The molecule has 2 fully saturated rings. The summed E-state index contributed by atoms with van der Waals surface area (Å²) in [4.78, 5) is 2.19. The van der Waals surface area contributed by atoms with Crippen molar-refractivity contribution in [1.29, 1.82) is 0 Å². The third-order valence-corrected chi connectivity index (χ3v) is 6.37. The van der Waals surface area contributed by atoms with Crippen molar-refractivity contribution >= 4 is 10.0 Å². The Balaban J connectivity index is 1.97. The summed E-state index contributed by atoms with van der Waals surface area (Å²) in [6.07, 6.45) is 5.30. The molecule has 18 heavy (non-hydrogen) atoms. The molecule has 1 saturated carbocycles. The maximum Gasteiger partial charge on any atom is 0.215 e. The van der Waals surface area contributed by atoms with E-state index in [0.717, 1.165) is 25.8 Å². The molecule has 1 atom stereocenters. The molecule has 0 radical (unpaired) electrons. The summed E-state index contributed by atoms with van der Waals surface area (Å²) in [6, 6.07) is 0. The first kappa shape index (κ1) is 14.2. The molecule has 106 valence electrons. The topological polar surface area (TPSA) is 61.4 Å². The van der Waals surface area contributed by atoms with E-state index in [1.807, 2.05) is 0 Å². The van der Waals surface area contributed by atoms with Gasteiger partial charge in [0.05, 0.1) is 5.25 Å². The van der Waals surface area contributed by atoms with Crippen molar-refractivity contribution in [3.63, 3.8) is 0 Å². The fourth-order valence-corrected chi connectivity index (χ4v) is 4.53. The van der Waals surface area contributed by atoms with Gasteiger partial charge >= 0.3 is 0 Å². The number of nitrogens with one attached hydrogen (secondary N) is 2. The second-order valence-corrected chi connectivity index (χ2v) is 7.85. The Morgan fingerprint density at radius 3 is 2.50 bits per heavy atom. The van der Waals surface area contributed by atoms with Crippen molar-refractivity contribution in [2.75, 3.05) is 33.7 Å². The second-order valence-electron chi connectivity index (χ2n) is 5.81. The lowest BCUT2D eigenvalue weighted by Crippen LogP contribution is -2.52. The zero-order valence-corrected chi connectivity index (χ0v) is 12.2. The highest BCUT2D eigenvalue weighted by molar-refractivity contribution is 7.90. The van der Waals surface area contributed by atoms with Gasteiger partial charge in [0.1, 0.15) is 0 Å². The molecule has 2 aliphatic rings. The van der Waals surface area contributed by atoms with Gasteiger partial charge in [-0.05, 0) is 39.9 Å². The predicted octanol–water partition coefficient (Wildman–Crippen LogP) is 0.142. The van der Waals surface area contributed by atoms with E-state index in [1.165, 1.54) is 12.8 Å². The van der Waals surface area contributed by atoms with Crippen molar-refractivity contribution in [1.82, 2.24) is 14.9 Å². The first-order valence-electron chi connectivity index (χ1n) is 6.83. The van der Waals surface area contributed by atoms with Crippen LogP contribution in [-0.4, -0.2) is 57.8 Å². The number of hydrogen-bond acceptors (Lipinski definition) is 4. The van der Waals surface area contributed by atoms with Gasteiger partial charge in [0.15, 0.2) is 0 Å². The fraction of sp³-hybridized carbons (Fsp3) is 1.00. The van der Waals surface area contributed by atoms with Gasteiger partial charge in [-0.25, -0.2) is 13.1 Å². The maximum absolute atomic E-state index is 12.2. The van der Waals surface area contributed by atoms with Crippen molar-refractivity contribution in [2.24, 2.45) is 0 Å². The molecule has 1 aliphatic carbocycles. The van der Waals surface area contributed by atoms with Crippen LogP contribution in [-0.2, 0) is 10.0 Å². The SMILES string of the molecule is CN(C)C1(CNS(=O)(=O)C2CCNC2)CCCC1. The minimum Gasteiger partial charge on any atom is -0.315 e. The molecule has 2 rings (SSSR count). The van der Waals surface area contributed by atoms with E-state index in [1.54, 1.807) is 0 Å². The first-order chi connectivity index (χ1) is 8.46. The van der Waals surface area contributed by atoms with Gasteiger partial charge in [0, 0.05) is 18.6 Å². The smallest absolute Gasteiger partial charge is 0.215 e. The predicted molar refractivity (Wildman–Crippen MR) is 73.1 cm³/mol. The molecule has 2 N–H and O–H groups in total. The molecule has 0 amide bonds. The van der Waals surface area contributed by atoms with Crippen LogP contribution in [0.15, 0.2) is 0 Å². The molecule has 0 bridgehead atoms. The molecule has 0 aromatic heterocycles. The van der Waals surface area contributed by atoms with Crippen LogP contribution in [0.1, 0.15) is 32.1 Å². The minimum atomic E-state index is -3.16. The van der Waals surface area contributed by atoms with E-state index in [-0.39, 0.29) is 10.8 Å². The lowest BCUT2D eigenvalue weighted by Gasteiger charge is -2.36. The molecule has 1 heterocycles. The van der Waals surface area contributed by atoms with Crippen LogP contribution in [0, 0.1) is 0 Å². The Hall–Kier alpha value is -0.170.